The highest BCUT2D eigenvalue weighted by Crippen LogP contribution is 2.43. The van der Waals surface area contributed by atoms with E-state index in [2.05, 4.69) is 62.9 Å². The van der Waals surface area contributed by atoms with E-state index in [9.17, 15) is 54.0 Å². The number of unbranched alkanes of at least 4 members (excludes halogenated alkanes) is 2. The molecule has 3 saturated heterocycles. The van der Waals surface area contributed by atoms with E-state index in [1.165, 1.54) is 40.6 Å². The van der Waals surface area contributed by atoms with Crippen molar-refractivity contribution < 1.29 is 54.0 Å². The number of halogens is 3. The summed E-state index contributed by atoms with van der Waals surface area (Å²) in [7, 11) is -11.0. The Morgan fingerprint density at radius 3 is 2.17 bits per heavy atom. The molecule has 88 heavy (non-hydrogen) atoms. The standard InChI is InChI=1S/C64H80F3N9O9S3/c1-5-13-44(2)52-41-63(3,4)28-26-46(52)42-74-36-38-75(39-37-74)48-20-18-45(19-21-48)59(78)71-88(84,85)50-22-23-53(56(40-50)87(82,83)64(65,66)67)69-47(43-86-49-14-8-6-9-15-49)27-31-73-34-32-72(33-35-73)30-11-7-10-29-68-54-17-12-16-51-58(54)62(81)76(61(51)80)55-24-25-57(77)70-60(55)79/h6,8-9,12,14-23,40,47,55,68-69H,2,5,7,10-11,13,24-39,41-43H2,1,3-4H3,(H,71,78)(H,70,77,79)/t47-,55?/m1/s1. The summed E-state index contributed by atoms with van der Waals surface area (Å²) in [6, 6.07) is 21.5. The van der Waals surface area contributed by atoms with E-state index in [1.54, 1.807) is 30.3 Å². The molecule has 0 saturated carbocycles. The molecule has 4 aromatic rings. The van der Waals surface area contributed by atoms with Gasteiger partial charge in [-0.3, -0.25) is 39.1 Å². The molecule has 5 aliphatic rings. The maximum Gasteiger partial charge on any atom is 0.501 e. The molecule has 4 aliphatic heterocycles. The van der Waals surface area contributed by atoms with E-state index in [0.717, 1.165) is 131 Å². The van der Waals surface area contributed by atoms with E-state index in [0.29, 0.717) is 50.1 Å². The number of hydrogen-bond donors (Lipinski definition) is 4. The summed E-state index contributed by atoms with van der Waals surface area (Å²) in [5.41, 5.74) is -0.0561. The normalized spacial score (nSPS) is 19.4. The van der Waals surface area contributed by atoms with Crippen molar-refractivity contribution in [2.45, 2.75) is 124 Å². The number of piperazine rings is 2. The molecule has 0 bridgehead atoms. The van der Waals surface area contributed by atoms with Gasteiger partial charge in [0.15, 0.2) is 0 Å². The highest BCUT2D eigenvalue weighted by atomic mass is 32.2. The fourth-order valence-electron chi connectivity index (χ4n) is 12.2. The Kier molecular flexibility index (Phi) is 21.3. The SMILES string of the molecule is C=C(CCC)C1=C(CN2CCN(c3ccc(C(=O)NS(=O)(=O)c4ccc(N[C@H](CCN5CCN(CCCCCNc6cccc7c6C(=O)N(C6CCC(=O)NC6=O)C7=O)CC5)CSc5ccccc5)c(S(=O)(=O)C(F)(F)F)c4)cc3)CC2)CCC(C)(C)C1. The van der Waals surface area contributed by atoms with Crippen LogP contribution in [0.5, 0.6) is 0 Å². The number of carbonyl (C=O) groups is 5. The van der Waals surface area contributed by atoms with E-state index in [4.69, 9.17) is 0 Å². The van der Waals surface area contributed by atoms with Crippen LogP contribution < -0.4 is 25.6 Å². The number of sulfone groups is 1. The number of nitrogens with zero attached hydrogens (tertiary/aromatic N) is 5. The molecule has 24 heteroatoms. The molecule has 474 valence electrons. The van der Waals surface area contributed by atoms with Gasteiger partial charge in [-0.15, -0.1) is 11.8 Å². The highest BCUT2D eigenvalue weighted by molar-refractivity contribution is 7.99. The first-order chi connectivity index (χ1) is 41.9. The average molecular weight is 1270 g/mol. The summed E-state index contributed by atoms with van der Waals surface area (Å²) in [6.07, 6.45) is 8.34. The van der Waals surface area contributed by atoms with Crippen LogP contribution in [-0.2, 0) is 29.4 Å². The minimum atomic E-state index is -6.13. The Labute approximate surface area is 519 Å². The van der Waals surface area contributed by atoms with Gasteiger partial charge in [0, 0.05) is 112 Å². The molecule has 3 fully saturated rings. The molecule has 4 heterocycles. The Hall–Kier alpha value is -6.57. The van der Waals surface area contributed by atoms with E-state index < -0.39 is 82.5 Å². The van der Waals surface area contributed by atoms with Crippen LogP contribution in [0.4, 0.5) is 30.2 Å². The van der Waals surface area contributed by atoms with Gasteiger partial charge in [-0.1, -0.05) is 75.6 Å². The molecule has 0 radical (unpaired) electrons. The van der Waals surface area contributed by atoms with Gasteiger partial charge in [0.25, 0.3) is 37.6 Å². The van der Waals surface area contributed by atoms with Gasteiger partial charge < -0.3 is 25.3 Å². The minimum Gasteiger partial charge on any atom is -0.384 e. The summed E-state index contributed by atoms with van der Waals surface area (Å²) in [5, 5.41) is 8.56. The zero-order chi connectivity index (χ0) is 63.0. The molecule has 1 aliphatic carbocycles. The molecular formula is C64H80F3N9O9S3. The van der Waals surface area contributed by atoms with Crippen molar-refractivity contribution in [3.8, 4) is 0 Å². The van der Waals surface area contributed by atoms with Crippen molar-refractivity contribution in [2.24, 2.45) is 5.41 Å². The van der Waals surface area contributed by atoms with Crippen LogP contribution in [0.2, 0.25) is 0 Å². The number of alkyl halides is 3. The number of fused-ring (bicyclic) bond motifs is 1. The second-order valence-corrected chi connectivity index (χ2v) is 28.9. The molecule has 0 aromatic heterocycles. The largest absolute Gasteiger partial charge is 0.501 e. The van der Waals surface area contributed by atoms with Gasteiger partial charge in [-0.2, -0.15) is 13.2 Å². The Morgan fingerprint density at radius 1 is 0.795 bits per heavy atom. The van der Waals surface area contributed by atoms with Crippen molar-refractivity contribution in [2.75, 3.05) is 99.8 Å². The first-order valence-electron chi connectivity index (χ1n) is 30.4. The number of piperidine rings is 1. The molecule has 1 unspecified atom stereocenters. The molecule has 5 amide bonds. The lowest BCUT2D eigenvalue weighted by atomic mass is 9.72. The molecule has 4 aromatic carbocycles. The topological polar surface area (TPSA) is 218 Å². The van der Waals surface area contributed by atoms with Gasteiger partial charge >= 0.3 is 5.51 Å². The Bertz CT molecular complexity index is 3500. The van der Waals surface area contributed by atoms with Crippen LogP contribution in [-0.4, -0.2) is 168 Å². The van der Waals surface area contributed by atoms with Gasteiger partial charge in [-0.25, -0.2) is 21.6 Å². The van der Waals surface area contributed by atoms with Crippen LogP contribution >= 0.6 is 11.8 Å². The van der Waals surface area contributed by atoms with Gasteiger partial charge in [0.05, 0.1) is 21.7 Å². The van der Waals surface area contributed by atoms with Crippen molar-refractivity contribution >= 4 is 78.2 Å². The summed E-state index contributed by atoms with van der Waals surface area (Å²) >= 11 is 1.44. The van der Waals surface area contributed by atoms with Crippen LogP contribution in [0.15, 0.2) is 129 Å². The van der Waals surface area contributed by atoms with Crippen molar-refractivity contribution in [3.05, 3.63) is 131 Å². The van der Waals surface area contributed by atoms with Crippen molar-refractivity contribution in [1.82, 2.24) is 29.6 Å². The number of thioether (sulfide) groups is 1. The molecule has 9 rings (SSSR count). The maximum absolute atomic E-state index is 14.5. The number of hydrogen-bond acceptors (Lipinski definition) is 16. The number of amides is 5. The number of allylic oxidation sites excluding steroid dienone is 2. The van der Waals surface area contributed by atoms with Crippen LogP contribution in [0.25, 0.3) is 0 Å². The number of benzene rings is 4. The summed E-state index contributed by atoms with van der Waals surface area (Å²) in [6.45, 7) is 20.2. The van der Waals surface area contributed by atoms with Crippen LogP contribution in [0.1, 0.15) is 122 Å². The van der Waals surface area contributed by atoms with Crippen LogP contribution in [0, 0.1) is 5.41 Å². The lowest BCUT2D eigenvalue weighted by molar-refractivity contribution is -0.136. The van der Waals surface area contributed by atoms with Gasteiger partial charge in [0.1, 0.15) is 10.9 Å². The summed E-state index contributed by atoms with van der Waals surface area (Å²) in [5.74, 6) is -2.96. The number of carbonyl (C=O) groups excluding carboxylic acids is 5. The minimum absolute atomic E-state index is 0.0150. The predicted molar refractivity (Wildman–Crippen MR) is 336 cm³/mol. The van der Waals surface area contributed by atoms with E-state index in [1.807, 2.05) is 35.1 Å². The lowest BCUT2D eigenvalue weighted by Crippen LogP contribution is -2.54. The van der Waals surface area contributed by atoms with E-state index >= 15 is 0 Å². The van der Waals surface area contributed by atoms with Crippen LogP contribution in [0.3, 0.4) is 0 Å². The molecule has 4 N–H and O–H groups in total. The summed E-state index contributed by atoms with van der Waals surface area (Å²) < 4.78 is 99.7. The Balaban J connectivity index is 0.771. The molecule has 2 atom stereocenters. The molecule has 18 nitrogen and oxygen atoms in total. The third-order valence-corrected chi connectivity index (χ3v) is 21.3. The van der Waals surface area contributed by atoms with Crippen molar-refractivity contribution in [3.63, 3.8) is 0 Å². The number of rotatable bonds is 26. The highest BCUT2D eigenvalue weighted by Gasteiger charge is 2.49. The average Bonchev–Trinajstić information content (AvgIpc) is 1.57. The summed E-state index contributed by atoms with van der Waals surface area (Å²) in [4.78, 5) is 73.5. The van der Waals surface area contributed by atoms with Crippen molar-refractivity contribution in [1.29, 1.82) is 0 Å². The fourth-order valence-corrected chi connectivity index (χ4v) is 15.2. The quantitative estimate of drug-likeness (QED) is 0.0262. The number of sulfonamides is 1. The third kappa shape index (κ3) is 16.1. The molecule has 0 spiro atoms. The zero-order valence-electron chi connectivity index (χ0n) is 50.3. The number of nitrogens with one attached hydrogen (secondary N) is 4. The predicted octanol–water partition coefficient (Wildman–Crippen LogP) is 9.35. The third-order valence-electron chi connectivity index (χ3n) is 17.3. The first-order valence-corrected chi connectivity index (χ1v) is 34.3. The fraction of sp³-hybridized carbons (Fsp3) is 0.484. The second kappa shape index (κ2) is 28.5. The second-order valence-electron chi connectivity index (χ2n) is 24.2. The smallest absolute Gasteiger partial charge is 0.384 e. The van der Waals surface area contributed by atoms with E-state index in [-0.39, 0.29) is 34.9 Å². The zero-order valence-corrected chi connectivity index (χ0v) is 52.7. The molecular weight excluding hydrogens is 1190 g/mol. The maximum atomic E-state index is 14.5. The number of anilines is 3. The lowest BCUT2D eigenvalue weighted by Gasteiger charge is -2.39. The number of imide groups is 2. The van der Waals surface area contributed by atoms with Gasteiger partial charge in [-0.05, 0) is 136 Å². The Morgan fingerprint density at radius 2 is 1.49 bits per heavy atom. The monoisotopic (exact) mass is 1270 g/mol. The first kappa shape index (κ1) is 65.9. The van der Waals surface area contributed by atoms with Gasteiger partial charge in [0.2, 0.25) is 11.8 Å².